The number of pyridine rings is 1. The maximum atomic E-state index is 13.2. The van der Waals surface area contributed by atoms with Gasteiger partial charge in [-0.2, -0.15) is 0 Å². The highest BCUT2D eigenvalue weighted by Crippen LogP contribution is 2.26. The van der Waals surface area contributed by atoms with Gasteiger partial charge in [0, 0.05) is 23.6 Å². The van der Waals surface area contributed by atoms with Crippen LogP contribution in [0.2, 0.25) is 0 Å². The third kappa shape index (κ3) is 4.61. The van der Waals surface area contributed by atoms with Gasteiger partial charge in [0.15, 0.2) is 0 Å². The topological polar surface area (TPSA) is 71.1 Å². The molecule has 154 valence electrons. The lowest BCUT2D eigenvalue weighted by molar-refractivity contribution is -0.114. The number of hydrogen-bond donors (Lipinski definition) is 2. The zero-order valence-corrected chi connectivity index (χ0v) is 17.4. The Balaban J connectivity index is 1.69. The molecule has 3 aromatic carbocycles. The minimum atomic E-state index is -0.147. The Labute approximate surface area is 181 Å². The van der Waals surface area contributed by atoms with Gasteiger partial charge < -0.3 is 10.6 Å². The molecule has 5 nitrogen and oxygen atoms in total. The second-order valence-electron chi connectivity index (χ2n) is 7.44. The van der Waals surface area contributed by atoms with E-state index in [9.17, 15) is 9.59 Å². The summed E-state index contributed by atoms with van der Waals surface area (Å²) >= 11 is 0. The zero-order valence-electron chi connectivity index (χ0n) is 17.4. The summed E-state index contributed by atoms with van der Waals surface area (Å²) in [5.74, 6) is -0.269. The van der Waals surface area contributed by atoms with Crippen LogP contribution in [-0.2, 0) is 4.79 Å². The van der Waals surface area contributed by atoms with Crippen LogP contribution in [0.5, 0.6) is 0 Å². The standard InChI is InChI=1S/C26H23N3O2/c1-17(19-8-4-3-5-9-19)27-26(31)23-16-25(29-24-11-7-6-10-22(23)24)20-12-14-21(15-13-20)28-18(2)30/h3-17H,1-2H3,(H,27,31)(H,28,30)/t17-/m1/s1. The molecule has 0 saturated heterocycles. The van der Waals surface area contributed by atoms with Crippen LogP contribution in [0.3, 0.4) is 0 Å². The summed E-state index contributed by atoms with van der Waals surface area (Å²) in [7, 11) is 0. The molecule has 4 rings (SSSR count). The van der Waals surface area contributed by atoms with Gasteiger partial charge in [0.05, 0.1) is 22.8 Å². The van der Waals surface area contributed by atoms with Gasteiger partial charge in [-0.15, -0.1) is 0 Å². The minimum Gasteiger partial charge on any atom is -0.345 e. The van der Waals surface area contributed by atoms with E-state index in [-0.39, 0.29) is 17.9 Å². The van der Waals surface area contributed by atoms with Crippen LogP contribution >= 0.6 is 0 Å². The number of nitrogens with one attached hydrogen (secondary N) is 2. The van der Waals surface area contributed by atoms with E-state index in [4.69, 9.17) is 4.98 Å². The molecule has 5 heteroatoms. The smallest absolute Gasteiger partial charge is 0.252 e. The molecule has 2 amide bonds. The molecule has 2 N–H and O–H groups in total. The summed E-state index contributed by atoms with van der Waals surface area (Å²) < 4.78 is 0. The summed E-state index contributed by atoms with van der Waals surface area (Å²) in [5.41, 5.74) is 4.66. The molecule has 1 atom stereocenters. The number of hydrogen-bond acceptors (Lipinski definition) is 3. The molecule has 0 unspecified atom stereocenters. The van der Waals surface area contributed by atoms with Gasteiger partial charge in [-0.1, -0.05) is 60.7 Å². The summed E-state index contributed by atoms with van der Waals surface area (Å²) in [6.45, 7) is 3.44. The van der Waals surface area contributed by atoms with Crippen molar-refractivity contribution >= 4 is 28.4 Å². The summed E-state index contributed by atoms with van der Waals surface area (Å²) in [6.07, 6.45) is 0. The largest absolute Gasteiger partial charge is 0.345 e. The number of anilines is 1. The Bertz CT molecular complexity index is 1230. The molecule has 0 saturated carbocycles. The van der Waals surface area contributed by atoms with Crippen molar-refractivity contribution in [2.45, 2.75) is 19.9 Å². The normalized spacial score (nSPS) is 11.7. The van der Waals surface area contributed by atoms with Crippen molar-refractivity contribution in [2.75, 3.05) is 5.32 Å². The Morgan fingerprint density at radius 3 is 2.26 bits per heavy atom. The molecule has 1 heterocycles. The Kier molecular flexibility index (Phi) is 5.76. The van der Waals surface area contributed by atoms with Gasteiger partial charge >= 0.3 is 0 Å². The number of rotatable bonds is 5. The summed E-state index contributed by atoms with van der Waals surface area (Å²) in [4.78, 5) is 29.2. The van der Waals surface area contributed by atoms with Crippen LogP contribution in [-0.4, -0.2) is 16.8 Å². The zero-order chi connectivity index (χ0) is 21.8. The van der Waals surface area contributed by atoms with Gasteiger partial charge in [-0.05, 0) is 36.8 Å². The Morgan fingerprint density at radius 1 is 0.871 bits per heavy atom. The van der Waals surface area contributed by atoms with E-state index in [2.05, 4.69) is 10.6 Å². The number of amides is 2. The lowest BCUT2D eigenvalue weighted by Crippen LogP contribution is -2.27. The quantitative estimate of drug-likeness (QED) is 0.467. The molecule has 4 aromatic rings. The number of benzene rings is 3. The Hall–Kier alpha value is -3.99. The van der Waals surface area contributed by atoms with Gasteiger partial charge in [-0.3, -0.25) is 9.59 Å². The third-order valence-corrected chi connectivity index (χ3v) is 5.11. The first-order valence-corrected chi connectivity index (χ1v) is 10.1. The number of para-hydroxylation sites is 1. The first kappa shape index (κ1) is 20.3. The summed E-state index contributed by atoms with van der Waals surface area (Å²) in [5, 5.41) is 6.66. The Morgan fingerprint density at radius 2 is 1.55 bits per heavy atom. The van der Waals surface area contributed by atoms with Gasteiger partial charge in [0.25, 0.3) is 5.91 Å². The van der Waals surface area contributed by atoms with E-state index in [1.807, 2.05) is 91.9 Å². The van der Waals surface area contributed by atoms with Crippen molar-refractivity contribution < 1.29 is 9.59 Å². The fraction of sp³-hybridized carbons (Fsp3) is 0.115. The third-order valence-electron chi connectivity index (χ3n) is 5.11. The van der Waals surface area contributed by atoms with Crippen molar-refractivity contribution in [3.05, 3.63) is 96.1 Å². The van der Waals surface area contributed by atoms with Crippen LogP contribution in [0.15, 0.2) is 84.9 Å². The van der Waals surface area contributed by atoms with Gasteiger partial charge in [0.1, 0.15) is 0 Å². The lowest BCUT2D eigenvalue weighted by Gasteiger charge is -2.16. The average Bonchev–Trinajstić information content (AvgIpc) is 2.79. The van der Waals surface area contributed by atoms with Gasteiger partial charge in [0.2, 0.25) is 5.91 Å². The van der Waals surface area contributed by atoms with Crippen LogP contribution in [0.25, 0.3) is 22.2 Å². The second-order valence-corrected chi connectivity index (χ2v) is 7.44. The highest BCUT2D eigenvalue weighted by Gasteiger charge is 2.16. The fourth-order valence-electron chi connectivity index (χ4n) is 3.54. The van der Waals surface area contributed by atoms with Crippen molar-refractivity contribution in [1.82, 2.24) is 10.3 Å². The number of aromatic nitrogens is 1. The van der Waals surface area contributed by atoms with E-state index in [0.29, 0.717) is 16.9 Å². The van der Waals surface area contributed by atoms with Gasteiger partial charge in [-0.25, -0.2) is 4.98 Å². The predicted molar refractivity (Wildman–Crippen MR) is 124 cm³/mol. The minimum absolute atomic E-state index is 0.122. The molecule has 1 aromatic heterocycles. The predicted octanol–water partition coefficient (Wildman–Crippen LogP) is 5.35. The first-order chi connectivity index (χ1) is 15.0. The highest BCUT2D eigenvalue weighted by atomic mass is 16.2. The van der Waals surface area contributed by atoms with Crippen LogP contribution in [0, 0.1) is 0 Å². The van der Waals surface area contributed by atoms with E-state index in [0.717, 1.165) is 22.0 Å². The molecule has 0 aliphatic rings. The van der Waals surface area contributed by atoms with Crippen LogP contribution in [0.1, 0.15) is 35.8 Å². The molecule has 0 radical (unpaired) electrons. The molecular weight excluding hydrogens is 386 g/mol. The van der Waals surface area contributed by atoms with E-state index >= 15 is 0 Å². The number of carbonyl (C=O) groups is 2. The molecule has 0 bridgehead atoms. The maximum absolute atomic E-state index is 13.2. The monoisotopic (exact) mass is 409 g/mol. The van der Waals surface area contributed by atoms with Crippen LogP contribution < -0.4 is 10.6 Å². The van der Waals surface area contributed by atoms with Crippen molar-refractivity contribution in [1.29, 1.82) is 0 Å². The molecule has 31 heavy (non-hydrogen) atoms. The molecule has 0 spiro atoms. The van der Waals surface area contributed by atoms with E-state index in [1.165, 1.54) is 6.92 Å². The second kappa shape index (κ2) is 8.79. The fourth-order valence-corrected chi connectivity index (χ4v) is 3.54. The first-order valence-electron chi connectivity index (χ1n) is 10.1. The lowest BCUT2D eigenvalue weighted by atomic mass is 10.0. The number of nitrogens with zero attached hydrogens (tertiary/aromatic N) is 1. The average molecular weight is 409 g/mol. The number of carbonyl (C=O) groups excluding carboxylic acids is 2. The summed E-state index contributed by atoms with van der Waals surface area (Å²) in [6, 6.07) is 26.6. The molecule has 0 aliphatic heterocycles. The van der Waals surface area contributed by atoms with E-state index in [1.54, 1.807) is 0 Å². The molecule has 0 fully saturated rings. The van der Waals surface area contributed by atoms with Crippen molar-refractivity contribution in [3.8, 4) is 11.3 Å². The van der Waals surface area contributed by atoms with Crippen LogP contribution in [0.4, 0.5) is 5.69 Å². The number of fused-ring (bicyclic) bond motifs is 1. The van der Waals surface area contributed by atoms with Crippen molar-refractivity contribution in [3.63, 3.8) is 0 Å². The molecule has 0 aliphatic carbocycles. The van der Waals surface area contributed by atoms with Crippen molar-refractivity contribution in [2.24, 2.45) is 0 Å². The molecular formula is C26H23N3O2. The highest BCUT2D eigenvalue weighted by molar-refractivity contribution is 6.07. The SMILES string of the molecule is CC(=O)Nc1ccc(-c2cc(C(=O)N[C@H](C)c3ccccc3)c3ccccc3n2)cc1. The van der Waals surface area contributed by atoms with E-state index < -0.39 is 0 Å². The maximum Gasteiger partial charge on any atom is 0.252 e.